The molecule has 0 aliphatic carbocycles. The number of aromatic amines is 1. The molecule has 128 valence electrons. The molecular formula is C15H17N3O5S. The predicted molar refractivity (Wildman–Crippen MR) is 86.0 cm³/mol. The number of sulfonamides is 1. The van der Waals surface area contributed by atoms with Crippen LogP contribution >= 0.6 is 0 Å². The maximum absolute atomic E-state index is 12.8. The average molecular weight is 351 g/mol. The number of carbonyl (C=O) groups is 1. The lowest BCUT2D eigenvalue weighted by molar-refractivity contribution is -0.143. The van der Waals surface area contributed by atoms with Crippen molar-refractivity contribution in [2.75, 3.05) is 13.1 Å². The Balaban J connectivity index is 1.99. The highest BCUT2D eigenvalue weighted by Gasteiger charge is 2.36. The molecule has 8 nitrogen and oxygen atoms in total. The summed E-state index contributed by atoms with van der Waals surface area (Å²) in [5.41, 5.74) is 0.430. The number of benzene rings is 1. The van der Waals surface area contributed by atoms with E-state index in [2.05, 4.69) is 9.97 Å². The molecule has 0 bridgehead atoms. The van der Waals surface area contributed by atoms with Crippen LogP contribution in [0.3, 0.4) is 0 Å². The number of H-pyrrole nitrogens is 1. The van der Waals surface area contributed by atoms with E-state index in [-0.39, 0.29) is 29.5 Å². The molecule has 0 amide bonds. The van der Waals surface area contributed by atoms with Crippen LogP contribution in [0.5, 0.6) is 0 Å². The van der Waals surface area contributed by atoms with Crippen molar-refractivity contribution < 1.29 is 18.3 Å². The van der Waals surface area contributed by atoms with Gasteiger partial charge in [0.25, 0.3) is 5.56 Å². The van der Waals surface area contributed by atoms with Crippen LogP contribution in [0.1, 0.15) is 13.3 Å². The topological polar surface area (TPSA) is 120 Å². The van der Waals surface area contributed by atoms with Gasteiger partial charge in [-0.1, -0.05) is 6.92 Å². The number of aliphatic carboxylic acids is 1. The highest BCUT2D eigenvalue weighted by Crippen LogP contribution is 2.27. The number of carboxylic acids is 1. The van der Waals surface area contributed by atoms with Crippen LogP contribution in [0.25, 0.3) is 11.0 Å². The number of carboxylic acid groups (broad SMARTS) is 1. The first-order chi connectivity index (χ1) is 11.3. The van der Waals surface area contributed by atoms with E-state index in [1.807, 2.05) is 6.92 Å². The van der Waals surface area contributed by atoms with E-state index < -0.39 is 21.9 Å². The monoisotopic (exact) mass is 351 g/mol. The SMILES string of the molecule is CC1CC(C(=O)O)CN(S(=O)(=O)c2ccc3[nH]c(=O)cnc3c2)C1. The van der Waals surface area contributed by atoms with E-state index in [9.17, 15) is 23.1 Å². The summed E-state index contributed by atoms with van der Waals surface area (Å²) in [7, 11) is -3.82. The minimum atomic E-state index is -3.82. The predicted octanol–water partition coefficient (Wildman–Crippen LogP) is 0.654. The highest BCUT2D eigenvalue weighted by molar-refractivity contribution is 7.89. The largest absolute Gasteiger partial charge is 0.481 e. The van der Waals surface area contributed by atoms with Crippen LogP contribution in [0.4, 0.5) is 0 Å². The summed E-state index contributed by atoms with van der Waals surface area (Å²) in [5, 5.41) is 9.21. The number of nitrogens with one attached hydrogen (secondary N) is 1. The zero-order valence-electron chi connectivity index (χ0n) is 13.0. The molecule has 3 rings (SSSR count). The molecule has 0 saturated carbocycles. The van der Waals surface area contributed by atoms with Gasteiger partial charge in [0.1, 0.15) is 0 Å². The molecule has 1 aliphatic heterocycles. The van der Waals surface area contributed by atoms with Gasteiger partial charge in [-0.25, -0.2) is 13.4 Å². The Labute approximate surface area is 138 Å². The minimum absolute atomic E-state index is 0.0350. The minimum Gasteiger partial charge on any atom is -0.481 e. The van der Waals surface area contributed by atoms with Gasteiger partial charge in [-0.15, -0.1) is 0 Å². The van der Waals surface area contributed by atoms with E-state index in [0.717, 1.165) is 6.20 Å². The first kappa shape index (κ1) is 16.6. The Morgan fingerprint density at radius 2 is 2.12 bits per heavy atom. The molecule has 1 fully saturated rings. The lowest BCUT2D eigenvalue weighted by atomic mass is 9.92. The van der Waals surface area contributed by atoms with E-state index in [0.29, 0.717) is 17.5 Å². The summed E-state index contributed by atoms with van der Waals surface area (Å²) in [6.07, 6.45) is 1.55. The van der Waals surface area contributed by atoms with Gasteiger partial charge < -0.3 is 10.1 Å². The summed E-state index contributed by atoms with van der Waals surface area (Å²) in [6, 6.07) is 4.26. The van der Waals surface area contributed by atoms with E-state index >= 15 is 0 Å². The van der Waals surface area contributed by atoms with Crippen molar-refractivity contribution in [1.82, 2.24) is 14.3 Å². The molecule has 0 radical (unpaired) electrons. The van der Waals surface area contributed by atoms with Gasteiger partial charge in [0, 0.05) is 13.1 Å². The second kappa shape index (κ2) is 5.99. The number of fused-ring (bicyclic) bond motifs is 1. The third-order valence-corrected chi connectivity index (χ3v) is 5.99. The standard InChI is InChI=1S/C15H17N3O5S/c1-9-4-10(15(20)21)8-18(7-9)24(22,23)11-2-3-12-13(5-11)16-6-14(19)17-12/h2-3,5-6,9-10H,4,7-8H2,1H3,(H,17,19)(H,20,21). The fraction of sp³-hybridized carbons (Fsp3) is 0.400. The van der Waals surface area contributed by atoms with Crippen LogP contribution in [-0.2, 0) is 14.8 Å². The van der Waals surface area contributed by atoms with E-state index in [1.54, 1.807) is 0 Å². The molecule has 1 saturated heterocycles. The van der Waals surface area contributed by atoms with Crippen LogP contribution < -0.4 is 5.56 Å². The molecule has 2 atom stereocenters. The van der Waals surface area contributed by atoms with Crippen LogP contribution in [0, 0.1) is 11.8 Å². The molecule has 2 unspecified atom stereocenters. The molecule has 2 N–H and O–H groups in total. The van der Waals surface area contributed by atoms with Crippen molar-refractivity contribution in [2.24, 2.45) is 11.8 Å². The molecule has 1 aromatic heterocycles. The van der Waals surface area contributed by atoms with Gasteiger partial charge in [-0.2, -0.15) is 4.31 Å². The van der Waals surface area contributed by atoms with Gasteiger partial charge in [0.2, 0.25) is 10.0 Å². The van der Waals surface area contributed by atoms with Crippen molar-refractivity contribution in [2.45, 2.75) is 18.2 Å². The normalized spacial score (nSPS) is 22.5. The van der Waals surface area contributed by atoms with Gasteiger partial charge in [0.05, 0.1) is 28.0 Å². The molecule has 1 aromatic carbocycles. The maximum Gasteiger partial charge on any atom is 0.307 e. The Morgan fingerprint density at radius 3 is 2.83 bits per heavy atom. The summed E-state index contributed by atoms with van der Waals surface area (Å²) in [4.78, 5) is 29.0. The van der Waals surface area contributed by atoms with Crippen LogP contribution in [0.15, 0.2) is 34.1 Å². The number of nitrogens with zero attached hydrogens (tertiary/aromatic N) is 2. The molecular weight excluding hydrogens is 334 g/mol. The number of hydrogen-bond acceptors (Lipinski definition) is 5. The summed E-state index contributed by atoms with van der Waals surface area (Å²) >= 11 is 0. The summed E-state index contributed by atoms with van der Waals surface area (Å²) < 4.78 is 26.9. The van der Waals surface area contributed by atoms with E-state index in [4.69, 9.17) is 0 Å². The highest BCUT2D eigenvalue weighted by atomic mass is 32.2. The second-order valence-corrected chi connectivity index (χ2v) is 8.06. The Bertz CT molecular complexity index is 953. The van der Waals surface area contributed by atoms with Crippen molar-refractivity contribution >= 4 is 27.0 Å². The van der Waals surface area contributed by atoms with Gasteiger partial charge in [0.15, 0.2) is 0 Å². The van der Waals surface area contributed by atoms with Crippen molar-refractivity contribution in [3.05, 3.63) is 34.7 Å². The fourth-order valence-corrected chi connectivity index (χ4v) is 4.63. The Kier molecular flexibility index (Phi) is 4.14. The summed E-state index contributed by atoms with van der Waals surface area (Å²) in [6.45, 7) is 2.08. The first-order valence-corrected chi connectivity index (χ1v) is 8.93. The Morgan fingerprint density at radius 1 is 1.38 bits per heavy atom. The van der Waals surface area contributed by atoms with Crippen molar-refractivity contribution in [3.8, 4) is 0 Å². The summed E-state index contributed by atoms with van der Waals surface area (Å²) in [5.74, 6) is -1.73. The van der Waals surface area contributed by atoms with Crippen LogP contribution in [0.2, 0.25) is 0 Å². The fourth-order valence-electron chi connectivity index (χ4n) is 3.00. The average Bonchev–Trinajstić information content (AvgIpc) is 2.53. The molecule has 9 heteroatoms. The Hall–Kier alpha value is -2.26. The van der Waals surface area contributed by atoms with E-state index in [1.165, 1.54) is 22.5 Å². The van der Waals surface area contributed by atoms with Gasteiger partial charge in [-0.3, -0.25) is 9.59 Å². The van der Waals surface area contributed by atoms with Gasteiger partial charge in [-0.05, 0) is 30.5 Å². The molecule has 1 aliphatic rings. The zero-order valence-corrected chi connectivity index (χ0v) is 13.8. The number of aromatic nitrogens is 2. The number of hydrogen-bond donors (Lipinski definition) is 2. The maximum atomic E-state index is 12.8. The molecule has 24 heavy (non-hydrogen) atoms. The van der Waals surface area contributed by atoms with Crippen LogP contribution in [-0.4, -0.2) is 46.9 Å². The zero-order chi connectivity index (χ0) is 17.5. The first-order valence-electron chi connectivity index (χ1n) is 7.49. The van der Waals surface area contributed by atoms with Gasteiger partial charge >= 0.3 is 5.97 Å². The third-order valence-electron chi connectivity index (χ3n) is 4.16. The van der Waals surface area contributed by atoms with Crippen molar-refractivity contribution in [3.63, 3.8) is 0 Å². The molecule has 0 spiro atoms. The smallest absolute Gasteiger partial charge is 0.307 e. The lowest BCUT2D eigenvalue weighted by Gasteiger charge is -2.33. The number of rotatable bonds is 3. The molecule has 2 aromatic rings. The molecule has 2 heterocycles. The lowest BCUT2D eigenvalue weighted by Crippen LogP contribution is -2.45. The number of piperidine rings is 1. The van der Waals surface area contributed by atoms with Crippen molar-refractivity contribution in [1.29, 1.82) is 0 Å². The third kappa shape index (κ3) is 3.04. The second-order valence-electron chi connectivity index (χ2n) is 6.12. The quantitative estimate of drug-likeness (QED) is 0.838.